The fourth-order valence-electron chi connectivity index (χ4n) is 6.03. The van der Waals surface area contributed by atoms with Crippen molar-refractivity contribution in [2.24, 2.45) is 0 Å². The molecular formula is C41H72O11. The lowest BCUT2D eigenvalue weighted by Gasteiger charge is -2.38. The lowest BCUT2D eigenvalue weighted by Crippen LogP contribution is -2.60. The highest BCUT2D eigenvalue weighted by molar-refractivity contribution is 5.73. The van der Waals surface area contributed by atoms with Crippen LogP contribution in [-0.2, 0) is 33.3 Å². The molecule has 52 heavy (non-hydrogen) atoms. The number of ether oxygens (including phenoxy) is 4. The predicted octanol–water partition coefficient (Wildman–Crippen LogP) is 7.86. The predicted molar refractivity (Wildman–Crippen MR) is 202 cm³/mol. The van der Waals surface area contributed by atoms with E-state index in [9.17, 15) is 34.8 Å². The van der Waals surface area contributed by atoms with Gasteiger partial charge in [0.25, 0.3) is 0 Å². The highest BCUT2D eigenvalue weighted by atomic mass is 16.7. The molecule has 11 heteroatoms. The smallest absolute Gasteiger partial charge is 0.335 e. The Bertz CT molecular complexity index is 968. The number of carbonyl (C=O) groups excluding carboxylic acids is 2. The highest BCUT2D eigenvalue weighted by Gasteiger charge is 2.47. The maximum atomic E-state index is 12.7. The second-order valence-corrected chi connectivity index (χ2v) is 14.1. The molecule has 302 valence electrons. The molecule has 1 aliphatic rings. The minimum atomic E-state index is -1.86. The van der Waals surface area contributed by atoms with E-state index >= 15 is 0 Å². The molecule has 0 bridgehead atoms. The number of hydrogen-bond donors (Lipinski definition) is 4. The van der Waals surface area contributed by atoms with E-state index in [1.165, 1.54) is 64.2 Å². The van der Waals surface area contributed by atoms with Gasteiger partial charge in [-0.3, -0.25) is 9.59 Å². The number of aliphatic hydroxyl groups is 3. The largest absolute Gasteiger partial charge is 0.479 e. The van der Waals surface area contributed by atoms with Crippen molar-refractivity contribution in [1.82, 2.24) is 0 Å². The molecule has 4 N–H and O–H groups in total. The molecule has 0 radical (unpaired) electrons. The van der Waals surface area contributed by atoms with Gasteiger partial charge in [0.05, 0.1) is 6.61 Å². The summed E-state index contributed by atoms with van der Waals surface area (Å²) in [6, 6.07) is 0. The molecule has 1 fully saturated rings. The molecule has 1 aliphatic heterocycles. The van der Waals surface area contributed by atoms with Crippen LogP contribution in [0.4, 0.5) is 0 Å². The quantitative estimate of drug-likeness (QED) is 0.0294. The first-order chi connectivity index (χ1) is 25.2. The van der Waals surface area contributed by atoms with Crippen molar-refractivity contribution in [2.45, 2.75) is 205 Å². The molecule has 1 heterocycles. The molecule has 0 spiro atoms. The molecule has 1 rings (SSSR count). The molecular weight excluding hydrogens is 668 g/mol. The van der Waals surface area contributed by atoms with Crippen LogP contribution in [0.3, 0.4) is 0 Å². The van der Waals surface area contributed by atoms with Gasteiger partial charge in [-0.25, -0.2) is 4.79 Å². The van der Waals surface area contributed by atoms with Crippen LogP contribution in [0.2, 0.25) is 0 Å². The molecule has 0 aromatic carbocycles. The maximum absolute atomic E-state index is 12.7. The van der Waals surface area contributed by atoms with Crippen LogP contribution in [0.25, 0.3) is 0 Å². The van der Waals surface area contributed by atoms with E-state index in [1.54, 1.807) is 0 Å². The number of aliphatic carboxylic acids is 1. The highest BCUT2D eigenvalue weighted by Crippen LogP contribution is 2.23. The molecule has 0 aromatic rings. The maximum Gasteiger partial charge on any atom is 0.335 e. The Hall–Kier alpha value is -2.31. The standard InChI is InChI=1S/C41H72O11/c1-3-5-7-9-11-13-15-17-19-21-23-25-27-29-34(42)49-31-33(32-50-41-38(46)36(44)37(45)39(52-41)40(47)48)51-35(43)30-28-26-24-22-20-18-16-14-12-10-8-6-4-2/h7,9,13,15,33,36-39,41,44-46H,3-6,8,10-12,14,16-32H2,1-2H3,(H,47,48)/b9-7-,15-13-. The lowest BCUT2D eigenvalue weighted by atomic mass is 9.99. The molecule has 0 saturated carbocycles. The van der Waals surface area contributed by atoms with Gasteiger partial charge in [0.1, 0.15) is 24.9 Å². The average molecular weight is 741 g/mol. The van der Waals surface area contributed by atoms with Gasteiger partial charge in [0.2, 0.25) is 0 Å². The summed E-state index contributed by atoms with van der Waals surface area (Å²) in [7, 11) is 0. The number of rotatable bonds is 33. The van der Waals surface area contributed by atoms with Gasteiger partial charge in [-0.1, -0.05) is 141 Å². The zero-order chi connectivity index (χ0) is 38.2. The van der Waals surface area contributed by atoms with Gasteiger partial charge in [-0.05, 0) is 38.5 Å². The number of allylic oxidation sites excluding steroid dienone is 4. The second kappa shape index (κ2) is 32.1. The second-order valence-electron chi connectivity index (χ2n) is 14.1. The van der Waals surface area contributed by atoms with Crippen molar-refractivity contribution in [3.63, 3.8) is 0 Å². The normalized spacial score (nSPS) is 21.1. The SMILES string of the molecule is CCC/C=C\C/C=C\CCCCCCCC(=O)OCC(COC1OC(C(=O)O)C(O)C(O)C1O)OC(=O)CCCCCCCCCCCCCCC. The van der Waals surface area contributed by atoms with Crippen molar-refractivity contribution < 1.29 is 53.8 Å². The van der Waals surface area contributed by atoms with Gasteiger partial charge in [0.15, 0.2) is 18.5 Å². The Balaban J connectivity index is 2.43. The average Bonchev–Trinajstić information content (AvgIpc) is 3.12. The lowest BCUT2D eigenvalue weighted by molar-refractivity contribution is -0.298. The number of carbonyl (C=O) groups is 3. The third-order valence-corrected chi connectivity index (χ3v) is 9.28. The number of carboxylic acids is 1. The van der Waals surface area contributed by atoms with Crippen LogP contribution < -0.4 is 0 Å². The molecule has 6 unspecified atom stereocenters. The van der Waals surface area contributed by atoms with Crippen LogP contribution in [0.1, 0.15) is 168 Å². The number of esters is 2. The molecule has 11 nitrogen and oxygen atoms in total. The molecule has 6 atom stereocenters. The van der Waals surface area contributed by atoms with Crippen molar-refractivity contribution in [2.75, 3.05) is 13.2 Å². The third kappa shape index (κ3) is 24.1. The third-order valence-electron chi connectivity index (χ3n) is 9.28. The van der Waals surface area contributed by atoms with Gasteiger partial charge in [-0.2, -0.15) is 0 Å². The molecule has 0 aromatic heterocycles. The first-order valence-electron chi connectivity index (χ1n) is 20.4. The van der Waals surface area contributed by atoms with Crippen LogP contribution in [0, 0.1) is 0 Å². The minimum absolute atomic E-state index is 0.183. The van der Waals surface area contributed by atoms with E-state index in [1.807, 2.05) is 0 Å². The van der Waals surface area contributed by atoms with Crippen molar-refractivity contribution in [3.8, 4) is 0 Å². The van der Waals surface area contributed by atoms with Gasteiger partial charge >= 0.3 is 17.9 Å². The molecule has 0 aliphatic carbocycles. The first-order valence-corrected chi connectivity index (χ1v) is 20.4. The number of unbranched alkanes of at least 4 members (excludes halogenated alkanes) is 18. The Kier molecular flexibility index (Phi) is 29.5. The van der Waals surface area contributed by atoms with Gasteiger partial charge in [-0.15, -0.1) is 0 Å². The topological polar surface area (TPSA) is 169 Å². The van der Waals surface area contributed by atoms with Crippen molar-refractivity contribution in [3.05, 3.63) is 24.3 Å². The van der Waals surface area contributed by atoms with E-state index in [4.69, 9.17) is 18.9 Å². The number of aliphatic hydroxyl groups excluding tert-OH is 3. The van der Waals surface area contributed by atoms with E-state index in [-0.39, 0.29) is 19.4 Å². The zero-order valence-electron chi connectivity index (χ0n) is 32.3. The summed E-state index contributed by atoms with van der Waals surface area (Å²) in [5.74, 6) is -2.46. The van der Waals surface area contributed by atoms with Crippen LogP contribution in [0.5, 0.6) is 0 Å². The fourth-order valence-corrected chi connectivity index (χ4v) is 6.03. The van der Waals surface area contributed by atoms with E-state index in [2.05, 4.69) is 38.2 Å². The van der Waals surface area contributed by atoms with Crippen LogP contribution in [-0.4, -0.2) is 88.4 Å². The van der Waals surface area contributed by atoms with Crippen molar-refractivity contribution in [1.29, 1.82) is 0 Å². The Morgan fingerprint density at radius 3 is 1.67 bits per heavy atom. The molecule has 1 saturated heterocycles. The number of carboxylic acid groups (broad SMARTS) is 1. The first kappa shape index (κ1) is 47.7. The van der Waals surface area contributed by atoms with E-state index in [0.29, 0.717) is 12.8 Å². The fraction of sp³-hybridized carbons (Fsp3) is 0.829. The zero-order valence-corrected chi connectivity index (χ0v) is 32.3. The minimum Gasteiger partial charge on any atom is -0.479 e. The summed E-state index contributed by atoms with van der Waals surface area (Å²) in [5.41, 5.74) is 0. The van der Waals surface area contributed by atoms with Crippen molar-refractivity contribution >= 4 is 17.9 Å². The van der Waals surface area contributed by atoms with E-state index in [0.717, 1.165) is 64.2 Å². The summed E-state index contributed by atoms with van der Waals surface area (Å²) in [5, 5.41) is 39.7. The summed E-state index contributed by atoms with van der Waals surface area (Å²) >= 11 is 0. The van der Waals surface area contributed by atoms with Crippen LogP contribution >= 0.6 is 0 Å². The Labute approximate surface area is 313 Å². The summed E-state index contributed by atoms with van der Waals surface area (Å²) < 4.78 is 21.6. The monoisotopic (exact) mass is 741 g/mol. The van der Waals surface area contributed by atoms with Gasteiger partial charge < -0.3 is 39.4 Å². The Morgan fingerprint density at radius 1 is 0.596 bits per heavy atom. The van der Waals surface area contributed by atoms with Crippen LogP contribution in [0.15, 0.2) is 24.3 Å². The molecule has 0 amide bonds. The number of hydrogen-bond acceptors (Lipinski definition) is 10. The Morgan fingerprint density at radius 2 is 1.12 bits per heavy atom. The summed E-state index contributed by atoms with van der Waals surface area (Å²) in [6.07, 6.45) is 23.8. The summed E-state index contributed by atoms with van der Waals surface area (Å²) in [4.78, 5) is 36.7. The van der Waals surface area contributed by atoms with Gasteiger partial charge in [0, 0.05) is 12.8 Å². The summed E-state index contributed by atoms with van der Waals surface area (Å²) in [6.45, 7) is 3.72. The van der Waals surface area contributed by atoms with E-state index < -0.39 is 61.3 Å².